The number of hydrogen-bond acceptors (Lipinski definition) is 6. The minimum atomic E-state index is -4.38. The zero-order chi connectivity index (χ0) is 31.1. The highest BCUT2D eigenvalue weighted by atomic mass is 79.9. The number of anilines is 1. The molecule has 4 rings (SSSR count). The number of carbonyl (C=O) groups excluding carboxylic acids is 2. The molecular formula is C31H35BrFN3O6S. The lowest BCUT2D eigenvalue weighted by molar-refractivity contribution is -0.139. The van der Waals surface area contributed by atoms with Crippen LogP contribution in [0.1, 0.15) is 38.2 Å². The first-order valence-electron chi connectivity index (χ1n) is 13.9. The molecule has 43 heavy (non-hydrogen) atoms. The smallest absolute Gasteiger partial charge is 0.264 e. The third-order valence-corrected chi connectivity index (χ3v) is 9.77. The zero-order valence-corrected chi connectivity index (χ0v) is 26.7. The second kappa shape index (κ2) is 14.2. The Labute approximate surface area is 260 Å². The van der Waals surface area contributed by atoms with Crippen molar-refractivity contribution < 1.29 is 31.9 Å². The molecule has 0 heterocycles. The van der Waals surface area contributed by atoms with Crippen molar-refractivity contribution in [1.29, 1.82) is 0 Å². The maximum atomic E-state index is 14.1. The Morgan fingerprint density at radius 2 is 1.60 bits per heavy atom. The van der Waals surface area contributed by atoms with E-state index in [0.717, 1.165) is 52.2 Å². The average molecular weight is 677 g/mol. The molecule has 1 N–H and O–H groups in total. The molecule has 0 bridgehead atoms. The van der Waals surface area contributed by atoms with Crippen molar-refractivity contribution in [2.24, 2.45) is 0 Å². The molecule has 0 aromatic heterocycles. The summed E-state index contributed by atoms with van der Waals surface area (Å²) in [5.41, 5.74) is 0.837. The highest BCUT2D eigenvalue weighted by Gasteiger charge is 2.34. The van der Waals surface area contributed by atoms with Gasteiger partial charge in [-0.05, 0) is 73.9 Å². The fraction of sp³-hybridized carbons (Fsp3) is 0.355. The third kappa shape index (κ3) is 7.85. The van der Waals surface area contributed by atoms with Crippen molar-refractivity contribution in [2.75, 3.05) is 25.1 Å². The van der Waals surface area contributed by atoms with Crippen LogP contribution in [0.25, 0.3) is 0 Å². The van der Waals surface area contributed by atoms with Gasteiger partial charge in [0.25, 0.3) is 10.0 Å². The van der Waals surface area contributed by atoms with Crippen LogP contribution >= 0.6 is 15.9 Å². The second-order valence-corrected chi connectivity index (χ2v) is 13.1. The Balaban J connectivity index is 1.71. The van der Waals surface area contributed by atoms with Crippen molar-refractivity contribution >= 4 is 43.5 Å². The van der Waals surface area contributed by atoms with E-state index in [9.17, 15) is 22.4 Å². The van der Waals surface area contributed by atoms with Crippen molar-refractivity contribution in [3.63, 3.8) is 0 Å². The van der Waals surface area contributed by atoms with Crippen molar-refractivity contribution in [3.05, 3.63) is 82.6 Å². The molecule has 12 heteroatoms. The maximum absolute atomic E-state index is 14.1. The Kier molecular flexibility index (Phi) is 10.7. The predicted octanol–water partition coefficient (Wildman–Crippen LogP) is 5.28. The van der Waals surface area contributed by atoms with Gasteiger partial charge in [0.2, 0.25) is 11.8 Å². The van der Waals surface area contributed by atoms with Gasteiger partial charge in [-0.25, -0.2) is 12.8 Å². The largest absolute Gasteiger partial charge is 0.493 e. The summed E-state index contributed by atoms with van der Waals surface area (Å²) in [4.78, 5) is 28.6. The first-order valence-corrected chi connectivity index (χ1v) is 16.1. The highest BCUT2D eigenvalue weighted by Crippen LogP contribution is 2.32. The molecule has 230 valence electrons. The van der Waals surface area contributed by atoms with Gasteiger partial charge in [-0.3, -0.25) is 13.9 Å². The van der Waals surface area contributed by atoms with Crippen LogP contribution in [0.5, 0.6) is 11.5 Å². The van der Waals surface area contributed by atoms with Crippen LogP contribution in [0.3, 0.4) is 0 Å². The number of nitrogens with zero attached hydrogens (tertiary/aromatic N) is 2. The topological polar surface area (TPSA) is 105 Å². The molecule has 3 aromatic carbocycles. The molecule has 3 aromatic rings. The molecule has 0 spiro atoms. The normalized spacial score (nSPS) is 14.2. The van der Waals surface area contributed by atoms with Crippen LogP contribution in [0.2, 0.25) is 0 Å². The average Bonchev–Trinajstić information content (AvgIpc) is 3.52. The number of carbonyl (C=O) groups is 2. The third-order valence-electron chi connectivity index (χ3n) is 7.47. The second-order valence-electron chi connectivity index (χ2n) is 10.3. The van der Waals surface area contributed by atoms with E-state index in [1.807, 2.05) is 24.3 Å². The standard InChI is InChI=1S/C31H35BrFN3O6S/c1-21(31(38)34-25-6-4-5-7-25)35(19-22-8-10-23(32)11-9-22)30(37)20-36(26-14-12-24(33)13-15-26)43(39,40)27-16-17-28(41-2)29(18-27)42-3/h8-18,21,25H,4-7,19-20H2,1-3H3,(H,34,38). The predicted molar refractivity (Wildman–Crippen MR) is 165 cm³/mol. The van der Waals surface area contributed by atoms with Gasteiger partial charge in [-0.2, -0.15) is 0 Å². The molecule has 1 aliphatic rings. The summed E-state index contributed by atoms with van der Waals surface area (Å²) in [6.07, 6.45) is 3.81. The minimum Gasteiger partial charge on any atom is -0.493 e. The van der Waals surface area contributed by atoms with Gasteiger partial charge >= 0.3 is 0 Å². The first-order chi connectivity index (χ1) is 20.5. The molecule has 1 saturated carbocycles. The van der Waals surface area contributed by atoms with Gasteiger partial charge in [0.15, 0.2) is 11.5 Å². The molecule has 1 unspecified atom stereocenters. The molecule has 9 nitrogen and oxygen atoms in total. The summed E-state index contributed by atoms with van der Waals surface area (Å²) >= 11 is 3.41. The van der Waals surface area contributed by atoms with Crippen molar-refractivity contribution in [2.45, 2.75) is 56.1 Å². The van der Waals surface area contributed by atoms with Crippen LogP contribution in [0, 0.1) is 5.82 Å². The molecular weight excluding hydrogens is 641 g/mol. The van der Waals surface area contributed by atoms with Crippen LogP contribution < -0.4 is 19.1 Å². The fourth-order valence-electron chi connectivity index (χ4n) is 5.00. The van der Waals surface area contributed by atoms with E-state index >= 15 is 0 Å². The van der Waals surface area contributed by atoms with E-state index in [-0.39, 0.29) is 34.8 Å². The number of halogens is 2. The lowest BCUT2D eigenvalue weighted by atomic mass is 10.1. The number of hydrogen-bond donors (Lipinski definition) is 1. The Hall–Kier alpha value is -3.64. The van der Waals surface area contributed by atoms with E-state index in [0.29, 0.717) is 5.75 Å². The highest BCUT2D eigenvalue weighted by molar-refractivity contribution is 9.10. The summed E-state index contributed by atoms with van der Waals surface area (Å²) in [5, 5.41) is 3.04. The summed E-state index contributed by atoms with van der Waals surface area (Å²) < 4.78 is 54.3. The monoisotopic (exact) mass is 675 g/mol. The number of ether oxygens (including phenoxy) is 2. The quantitative estimate of drug-likeness (QED) is 0.280. The summed E-state index contributed by atoms with van der Waals surface area (Å²) in [5.74, 6) is -0.969. The van der Waals surface area contributed by atoms with Crippen LogP contribution in [-0.2, 0) is 26.2 Å². The zero-order valence-electron chi connectivity index (χ0n) is 24.3. The first kappa shape index (κ1) is 32.3. The SMILES string of the molecule is COc1ccc(S(=O)(=O)N(CC(=O)N(Cc2ccc(Br)cc2)C(C)C(=O)NC2CCCC2)c2ccc(F)cc2)cc1OC. The van der Waals surface area contributed by atoms with E-state index < -0.39 is 34.3 Å². The molecule has 1 fully saturated rings. The maximum Gasteiger partial charge on any atom is 0.264 e. The van der Waals surface area contributed by atoms with Crippen LogP contribution in [-0.4, -0.2) is 58.0 Å². The lowest BCUT2D eigenvalue weighted by Crippen LogP contribution is -2.52. The fourth-order valence-corrected chi connectivity index (χ4v) is 6.70. The number of methoxy groups -OCH3 is 2. The minimum absolute atomic E-state index is 0.0423. The van der Waals surface area contributed by atoms with Gasteiger partial charge in [-0.15, -0.1) is 0 Å². The van der Waals surface area contributed by atoms with Crippen LogP contribution in [0.4, 0.5) is 10.1 Å². The molecule has 0 radical (unpaired) electrons. The summed E-state index contributed by atoms with van der Waals surface area (Å²) in [6.45, 7) is 1.06. The molecule has 1 aliphatic carbocycles. The molecule has 2 amide bonds. The van der Waals surface area contributed by atoms with E-state index in [1.54, 1.807) is 6.92 Å². The molecule has 0 saturated heterocycles. The van der Waals surface area contributed by atoms with Gasteiger partial charge in [0, 0.05) is 23.1 Å². The Bertz CT molecular complexity index is 1530. The molecule has 1 atom stereocenters. The van der Waals surface area contributed by atoms with Crippen molar-refractivity contribution in [1.82, 2.24) is 10.2 Å². The summed E-state index contributed by atoms with van der Waals surface area (Å²) in [7, 11) is -1.56. The number of benzene rings is 3. The number of nitrogens with one attached hydrogen (secondary N) is 1. The number of amides is 2. The Morgan fingerprint density at radius 1 is 0.977 bits per heavy atom. The summed E-state index contributed by atoms with van der Waals surface area (Å²) in [6, 6.07) is 15.4. The van der Waals surface area contributed by atoms with Gasteiger partial charge in [0.05, 0.1) is 24.8 Å². The van der Waals surface area contributed by atoms with E-state index in [1.165, 1.54) is 49.5 Å². The van der Waals surface area contributed by atoms with E-state index in [4.69, 9.17) is 9.47 Å². The van der Waals surface area contributed by atoms with Gasteiger partial charge < -0.3 is 19.7 Å². The van der Waals surface area contributed by atoms with Crippen LogP contribution in [0.15, 0.2) is 76.1 Å². The van der Waals surface area contributed by atoms with E-state index in [2.05, 4.69) is 21.2 Å². The number of sulfonamides is 1. The van der Waals surface area contributed by atoms with Gasteiger partial charge in [0.1, 0.15) is 18.4 Å². The van der Waals surface area contributed by atoms with Gasteiger partial charge in [-0.1, -0.05) is 40.9 Å². The Morgan fingerprint density at radius 3 is 2.21 bits per heavy atom. The van der Waals surface area contributed by atoms with Crippen molar-refractivity contribution in [3.8, 4) is 11.5 Å². The number of rotatable bonds is 12. The lowest BCUT2D eigenvalue weighted by Gasteiger charge is -2.32. The molecule has 0 aliphatic heterocycles.